The van der Waals surface area contributed by atoms with E-state index >= 15 is 0 Å². The number of anilines is 1. The van der Waals surface area contributed by atoms with Crippen molar-refractivity contribution in [2.75, 3.05) is 18.2 Å². The number of carbonyl (C=O) groups is 1. The highest BCUT2D eigenvalue weighted by Crippen LogP contribution is 2.35. The normalized spacial score (nSPS) is 11.9. The number of ether oxygens (including phenoxy) is 1. The fourth-order valence-corrected chi connectivity index (χ4v) is 2.77. The number of nitrogens with one attached hydrogen (secondary N) is 1. The fraction of sp³-hybridized carbons (Fsp3) is 0.235. The van der Waals surface area contributed by atoms with Crippen molar-refractivity contribution in [1.82, 2.24) is 0 Å². The summed E-state index contributed by atoms with van der Waals surface area (Å²) < 4.78 is 66.8. The molecule has 2 aromatic carbocycles. The van der Waals surface area contributed by atoms with E-state index in [1.165, 1.54) is 30.3 Å². The smallest absolute Gasteiger partial charge is 0.419 e. The van der Waals surface area contributed by atoms with E-state index in [1.54, 1.807) is 6.92 Å². The largest absolute Gasteiger partial charge is 0.483 e. The van der Waals surface area contributed by atoms with Gasteiger partial charge in [-0.2, -0.15) is 13.2 Å². The molecule has 0 aliphatic rings. The minimum atomic E-state index is -4.60. The zero-order chi connectivity index (χ0) is 19.5. The summed E-state index contributed by atoms with van der Waals surface area (Å²) in [5.74, 6) is -1.17. The van der Waals surface area contributed by atoms with Crippen LogP contribution in [0.15, 0.2) is 47.4 Å². The Morgan fingerprint density at radius 1 is 1.15 bits per heavy atom. The van der Waals surface area contributed by atoms with Crippen LogP contribution in [0.3, 0.4) is 0 Å². The zero-order valence-electron chi connectivity index (χ0n) is 13.9. The summed E-state index contributed by atoms with van der Waals surface area (Å²) in [4.78, 5) is 12.0. The van der Waals surface area contributed by atoms with Gasteiger partial charge in [-0.05, 0) is 36.8 Å². The molecule has 0 fully saturated rings. The van der Waals surface area contributed by atoms with E-state index in [9.17, 15) is 26.4 Å². The Kier molecular flexibility index (Phi) is 5.60. The number of halogens is 3. The van der Waals surface area contributed by atoms with E-state index in [0.29, 0.717) is 5.56 Å². The highest BCUT2D eigenvalue weighted by atomic mass is 32.2. The van der Waals surface area contributed by atoms with Gasteiger partial charge in [-0.3, -0.25) is 4.79 Å². The molecule has 0 aromatic heterocycles. The van der Waals surface area contributed by atoms with Gasteiger partial charge in [-0.25, -0.2) is 8.42 Å². The van der Waals surface area contributed by atoms with Gasteiger partial charge in [0.05, 0.1) is 10.5 Å². The van der Waals surface area contributed by atoms with Crippen molar-refractivity contribution in [1.29, 1.82) is 0 Å². The first kappa shape index (κ1) is 19.8. The number of alkyl halides is 3. The molecule has 2 rings (SSSR count). The number of sulfone groups is 1. The summed E-state index contributed by atoms with van der Waals surface area (Å²) in [6.07, 6.45) is -3.58. The first-order valence-electron chi connectivity index (χ1n) is 7.38. The average Bonchev–Trinajstić information content (AvgIpc) is 2.53. The van der Waals surface area contributed by atoms with Crippen LogP contribution in [0.25, 0.3) is 0 Å². The summed E-state index contributed by atoms with van der Waals surface area (Å²) in [6, 6.07) is 8.75. The lowest BCUT2D eigenvalue weighted by atomic mass is 10.2. The van der Waals surface area contributed by atoms with Gasteiger partial charge in [0, 0.05) is 11.9 Å². The van der Waals surface area contributed by atoms with Crippen LogP contribution in [0.5, 0.6) is 5.75 Å². The number of benzene rings is 2. The Bertz CT molecular complexity index is 924. The fourth-order valence-electron chi connectivity index (χ4n) is 2.12. The van der Waals surface area contributed by atoms with Crippen molar-refractivity contribution in [3.63, 3.8) is 0 Å². The first-order valence-corrected chi connectivity index (χ1v) is 9.27. The third-order valence-corrected chi connectivity index (χ3v) is 4.57. The van der Waals surface area contributed by atoms with Gasteiger partial charge in [0.2, 0.25) is 0 Å². The van der Waals surface area contributed by atoms with E-state index in [-0.39, 0.29) is 10.6 Å². The maximum Gasteiger partial charge on any atom is 0.419 e. The number of rotatable bonds is 5. The Hall–Kier alpha value is -2.55. The monoisotopic (exact) mass is 387 g/mol. The third kappa shape index (κ3) is 4.98. The summed E-state index contributed by atoms with van der Waals surface area (Å²) in [6.45, 7) is 0.997. The van der Waals surface area contributed by atoms with Crippen molar-refractivity contribution >= 4 is 21.4 Å². The van der Waals surface area contributed by atoms with Gasteiger partial charge in [0.25, 0.3) is 5.91 Å². The summed E-state index contributed by atoms with van der Waals surface area (Å²) in [5, 5.41) is 2.44. The van der Waals surface area contributed by atoms with E-state index < -0.39 is 39.8 Å². The lowest BCUT2D eigenvalue weighted by molar-refractivity contribution is -0.139. The summed E-state index contributed by atoms with van der Waals surface area (Å²) in [7, 11) is -3.46. The maximum absolute atomic E-state index is 12.9. The Labute approximate surface area is 148 Å². The van der Waals surface area contributed by atoms with Gasteiger partial charge in [0.1, 0.15) is 5.75 Å². The number of amides is 1. The highest BCUT2D eigenvalue weighted by molar-refractivity contribution is 7.90. The third-order valence-electron chi connectivity index (χ3n) is 3.46. The molecule has 1 amide bonds. The van der Waals surface area contributed by atoms with E-state index in [4.69, 9.17) is 4.74 Å². The lowest BCUT2D eigenvalue weighted by Crippen LogP contribution is -2.22. The molecule has 0 spiro atoms. The predicted octanol–water partition coefficient (Wildman–Crippen LogP) is 3.43. The van der Waals surface area contributed by atoms with Gasteiger partial charge >= 0.3 is 6.18 Å². The van der Waals surface area contributed by atoms with Gasteiger partial charge in [-0.1, -0.05) is 18.2 Å². The molecule has 0 unspecified atom stereocenters. The van der Waals surface area contributed by atoms with E-state index in [2.05, 4.69) is 5.32 Å². The van der Waals surface area contributed by atoms with Crippen LogP contribution in [0.2, 0.25) is 0 Å². The summed E-state index contributed by atoms with van der Waals surface area (Å²) >= 11 is 0. The average molecular weight is 387 g/mol. The summed E-state index contributed by atoms with van der Waals surface area (Å²) in [5.41, 5.74) is -0.143. The number of hydrogen-bond acceptors (Lipinski definition) is 4. The molecule has 5 nitrogen and oxygen atoms in total. The van der Waals surface area contributed by atoms with E-state index in [1.807, 2.05) is 0 Å². The second-order valence-electron chi connectivity index (χ2n) is 5.58. The predicted molar refractivity (Wildman–Crippen MR) is 89.9 cm³/mol. The second-order valence-corrected chi connectivity index (χ2v) is 7.60. The molecule has 0 atom stereocenters. The molecular weight excluding hydrogens is 371 g/mol. The molecule has 0 saturated heterocycles. The number of aryl methyl sites for hydroxylation is 1. The maximum atomic E-state index is 12.9. The van der Waals surface area contributed by atoms with Crippen LogP contribution in [-0.2, 0) is 20.8 Å². The van der Waals surface area contributed by atoms with Gasteiger partial charge in [-0.15, -0.1) is 0 Å². The van der Waals surface area contributed by atoms with Crippen molar-refractivity contribution in [2.24, 2.45) is 0 Å². The van der Waals surface area contributed by atoms with Gasteiger partial charge in [0.15, 0.2) is 16.4 Å². The zero-order valence-corrected chi connectivity index (χ0v) is 14.7. The molecule has 0 heterocycles. The number of hydrogen-bond donors (Lipinski definition) is 1. The molecule has 1 N–H and O–H groups in total. The highest BCUT2D eigenvalue weighted by Gasteiger charge is 2.34. The van der Waals surface area contributed by atoms with Crippen LogP contribution in [0.1, 0.15) is 11.1 Å². The molecular formula is C17H16F3NO4S. The molecule has 26 heavy (non-hydrogen) atoms. The van der Waals surface area contributed by atoms with Crippen molar-refractivity contribution in [3.05, 3.63) is 53.6 Å². The van der Waals surface area contributed by atoms with Crippen LogP contribution in [-0.4, -0.2) is 27.2 Å². The minimum absolute atomic E-state index is 0.0155. The van der Waals surface area contributed by atoms with Crippen molar-refractivity contribution in [3.8, 4) is 5.75 Å². The SMILES string of the molecule is Cc1ccc(S(C)(=O)=O)cc1NC(=O)COc1ccccc1C(F)(F)F. The van der Waals surface area contributed by atoms with Crippen LogP contribution in [0.4, 0.5) is 18.9 Å². The minimum Gasteiger partial charge on any atom is -0.483 e. The quantitative estimate of drug-likeness (QED) is 0.853. The van der Waals surface area contributed by atoms with Crippen molar-refractivity contribution in [2.45, 2.75) is 18.0 Å². The standard InChI is InChI=1S/C17H16F3NO4S/c1-11-7-8-12(26(2,23)24)9-14(11)21-16(22)10-25-15-6-4-3-5-13(15)17(18,19)20/h3-9H,10H2,1-2H3,(H,21,22). The molecule has 9 heteroatoms. The van der Waals surface area contributed by atoms with Crippen LogP contribution in [0, 0.1) is 6.92 Å². The number of para-hydroxylation sites is 1. The topological polar surface area (TPSA) is 72.5 Å². The molecule has 0 aliphatic heterocycles. The Morgan fingerprint density at radius 3 is 2.42 bits per heavy atom. The molecule has 140 valence electrons. The second kappa shape index (κ2) is 7.36. The molecule has 0 radical (unpaired) electrons. The Morgan fingerprint density at radius 2 is 1.81 bits per heavy atom. The molecule has 0 bridgehead atoms. The van der Waals surface area contributed by atoms with Crippen molar-refractivity contribution < 1.29 is 31.1 Å². The Balaban J connectivity index is 2.12. The van der Waals surface area contributed by atoms with E-state index in [0.717, 1.165) is 18.4 Å². The number of carbonyl (C=O) groups excluding carboxylic acids is 1. The molecule has 0 aliphatic carbocycles. The molecule has 0 saturated carbocycles. The first-order chi connectivity index (χ1) is 12.0. The van der Waals surface area contributed by atoms with Crippen LogP contribution >= 0.6 is 0 Å². The molecule has 2 aromatic rings. The van der Waals surface area contributed by atoms with Crippen LogP contribution < -0.4 is 10.1 Å². The van der Waals surface area contributed by atoms with Gasteiger partial charge < -0.3 is 10.1 Å². The lowest BCUT2D eigenvalue weighted by Gasteiger charge is -2.14.